The van der Waals surface area contributed by atoms with Gasteiger partial charge in [-0.1, -0.05) is 13.8 Å². The Morgan fingerprint density at radius 1 is 1.05 bits per heavy atom. The van der Waals surface area contributed by atoms with Gasteiger partial charge in [-0.2, -0.15) is 0 Å². The number of hydrogen-bond acceptors (Lipinski definition) is 6. The number of carbonyl (C=O) groups excluding carboxylic acids is 3. The second kappa shape index (κ2) is 8.47. The van der Waals surface area contributed by atoms with E-state index in [1.165, 1.54) is 14.2 Å². The number of carbonyl (C=O) groups is 3. The number of amides is 1. The van der Waals surface area contributed by atoms with Gasteiger partial charge in [0, 0.05) is 0 Å². The molecule has 0 fully saturated rings. The number of rotatable bonds is 7. The highest BCUT2D eigenvalue weighted by molar-refractivity contribution is 5.86. The van der Waals surface area contributed by atoms with E-state index in [1.54, 1.807) is 6.92 Å². The van der Waals surface area contributed by atoms with Gasteiger partial charge in [0.1, 0.15) is 12.6 Å². The summed E-state index contributed by atoms with van der Waals surface area (Å²) in [5.41, 5.74) is 0. The van der Waals surface area contributed by atoms with Crippen LogP contribution >= 0.6 is 0 Å². The number of nitrogens with one attached hydrogen (secondary N) is 2. The molecular formula is C12H22N2O5. The first-order chi connectivity index (χ1) is 8.83. The van der Waals surface area contributed by atoms with Crippen LogP contribution in [0.3, 0.4) is 0 Å². The molecular weight excluding hydrogens is 252 g/mol. The van der Waals surface area contributed by atoms with Crippen LogP contribution in [-0.2, 0) is 23.9 Å². The minimum atomic E-state index is -0.610. The molecule has 0 radical (unpaired) electrons. The van der Waals surface area contributed by atoms with Crippen LogP contribution in [0.15, 0.2) is 0 Å². The Morgan fingerprint density at radius 3 is 2.05 bits per heavy atom. The maximum atomic E-state index is 11.9. The van der Waals surface area contributed by atoms with Crippen molar-refractivity contribution in [1.29, 1.82) is 0 Å². The van der Waals surface area contributed by atoms with Crippen molar-refractivity contribution in [3.63, 3.8) is 0 Å². The summed E-state index contributed by atoms with van der Waals surface area (Å²) in [6.07, 6.45) is 0. The molecule has 110 valence electrons. The van der Waals surface area contributed by atoms with Crippen LogP contribution in [-0.4, -0.2) is 50.7 Å². The van der Waals surface area contributed by atoms with E-state index in [9.17, 15) is 14.4 Å². The number of methoxy groups -OCH3 is 2. The Balaban J connectivity index is 4.51. The third kappa shape index (κ3) is 6.19. The SMILES string of the molecule is COC(=O)CNC(=O)C(NC(C)C(=O)OC)C(C)C. The zero-order chi connectivity index (χ0) is 15.0. The average molecular weight is 274 g/mol. The minimum Gasteiger partial charge on any atom is -0.468 e. The van der Waals surface area contributed by atoms with Gasteiger partial charge < -0.3 is 14.8 Å². The average Bonchev–Trinajstić information content (AvgIpc) is 2.39. The molecule has 0 saturated heterocycles. The van der Waals surface area contributed by atoms with Gasteiger partial charge in [0.05, 0.1) is 20.3 Å². The Morgan fingerprint density at radius 2 is 1.63 bits per heavy atom. The lowest BCUT2D eigenvalue weighted by Crippen LogP contribution is -2.53. The van der Waals surface area contributed by atoms with Gasteiger partial charge in [-0.05, 0) is 12.8 Å². The second-order valence-electron chi connectivity index (χ2n) is 4.43. The summed E-state index contributed by atoms with van der Waals surface area (Å²) in [6.45, 7) is 5.07. The van der Waals surface area contributed by atoms with Crippen LogP contribution in [0.5, 0.6) is 0 Å². The van der Waals surface area contributed by atoms with E-state index in [-0.39, 0.29) is 18.4 Å². The first-order valence-electron chi connectivity index (χ1n) is 6.01. The molecule has 2 atom stereocenters. The van der Waals surface area contributed by atoms with Gasteiger partial charge in [0.25, 0.3) is 0 Å². The van der Waals surface area contributed by atoms with Crippen molar-refractivity contribution >= 4 is 17.8 Å². The molecule has 0 aromatic carbocycles. The third-order valence-corrected chi connectivity index (χ3v) is 2.57. The fourth-order valence-corrected chi connectivity index (χ4v) is 1.43. The zero-order valence-corrected chi connectivity index (χ0v) is 12.0. The maximum Gasteiger partial charge on any atom is 0.325 e. The van der Waals surface area contributed by atoms with Crippen molar-refractivity contribution in [3.05, 3.63) is 0 Å². The van der Waals surface area contributed by atoms with Crippen LogP contribution in [0.25, 0.3) is 0 Å². The monoisotopic (exact) mass is 274 g/mol. The van der Waals surface area contributed by atoms with E-state index in [4.69, 9.17) is 0 Å². The molecule has 2 unspecified atom stereocenters. The van der Waals surface area contributed by atoms with Crippen LogP contribution in [0, 0.1) is 5.92 Å². The van der Waals surface area contributed by atoms with Crippen molar-refractivity contribution in [2.24, 2.45) is 5.92 Å². The van der Waals surface area contributed by atoms with E-state index in [1.807, 2.05) is 13.8 Å². The van der Waals surface area contributed by atoms with Crippen LogP contribution in [0.2, 0.25) is 0 Å². The summed E-state index contributed by atoms with van der Waals surface area (Å²) >= 11 is 0. The van der Waals surface area contributed by atoms with Crippen LogP contribution in [0.1, 0.15) is 20.8 Å². The molecule has 0 aliphatic rings. The first kappa shape index (κ1) is 17.4. The summed E-state index contributed by atoms with van der Waals surface area (Å²) in [7, 11) is 2.52. The highest BCUT2D eigenvalue weighted by Crippen LogP contribution is 2.04. The van der Waals surface area contributed by atoms with E-state index in [2.05, 4.69) is 20.1 Å². The third-order valence-electron chi connectivity index (χ3n) is 2.57. The largest absolute Gasteiger partial charge is 0.468 e. The molecule has 1 amide bonds. The summed E-state index contributed by atoms with van der Waals surface area (Å²) in [5.74, 6) is -1.40. The van der Waals surface area contributed by atoms with Gasteiger partial charge >= 0.3 is 11.9 Å². The molecule has 19 heavy (non-hydrogen) atoms. The molecule has 0 heterocycles. The van der Waals surface area contributed by atoms with Crippen molar-refractivity contribution in [2.45, 2.75) is 32.9 Å². The Kier molecular flexibility index (Phi) is 7.74. The molecule has 0 aliphatic carbocycles. The van der Waals surface area contributed by atoms with Crippen LogP contribution < -0.4 is 10.6 Å². The molecule has 0 rings (SSSR count). The van der Waals surface area contributed by atoms with E-state index >= 15 is 0 Å². The van der Waals surface area contributed by atoms with Gasteiger partial charge in [-0.15, -0.1) is 0 Å². The molecule has 0 aliphatic heterocycles. The molecule has 7 heteroatoms. The van der Waals surface area contributed by atoms with Crippen molar-refractivity contribution < 1.29 is 23.9 Å². The lowest BCUT2D eigenvalue weighted by atomic mass is 10.0. The van der Waals surface area contributed by atoms with Crippen molar-refractivity contribution in [3.8, 4) is 0 Å². The molecule has 0 bridgehead atoms. The summed E-state index contributed by atoms with van der Waals surface area (Å²) in [6, 6.07) is -1.21. The molecule has 2 N–H and O–H groups in total. The Bertz CT molecular complexity index is 330. The highest BCUT2D eigenvalue weighted by Gasteiger charge is 2.26. The maximum absolute atomic E-state index is 11.9. The Labute approximate surface area is 113 Å². The van der Waals surface area contributed by atoms with Gasteiger partial charge in [0.15, 0.2) is 0 Å². The highest BCUT2D eigenvalue weighted by atomic mass is 16.5. The fraction of sp³-hybridized carbons (Fsp3) is 0.750. The van der Waals surface area contributed by atoms with E-state index < -0.39 is 24.0 Å². The molecule has 0 spiro atoms. The number of esters is 2. The second-order valence-corrected chi connectivity index (χ2v) is 4.43. The normalized spacial score (nSPS) is 13.6. The Hall–Kier alpha value is -1.63. The summed E-state index contributed by atoms with van der Waals surface area (Å²) in [5, 5.41) is 5.32. The first-order valence-corrected chi connectivity index (χ1v) is 6.01. The fourth-order valence-electron chi connectivity index (χ4n) is 1.43. The van der Waals surface area contributed by atoms with Crippen molar-refractivity contribution in [2.75, 3.05) is 20.8 Å². The van der Waals surface area contributed by atoms with Crippen LogP contribution in [0.4, 0.5) is 0 Å². The van der Waals surface area contributed by atoms with E-state index in [0.29, 0.717) is 0 Å². The smallest absolute Gasteiger partial charge is 0.325 e. The predicted octanol–water partition coefficient (Wildman–Crippen LogP) is -0.549. The quantitative estimate of drug-likeness (QED) is 0.605. The summed E-state index contributed by atoms with van der Waals surface area (Å²) in [4.78, 5) is 34.2. The molecule has 7 nitrogen and oxygen atoms in total. The molecule has 0 saturated carbocycles. The zero-order valence-electron chi connectivity index (χ0n) is 12.0. The van der Waals surface area contributed by atoms with E-state index in [0.717, 1.165) is 0 Å². The van der Waals surface area contributed by atoms with Gasteiger partial charge in [0.2, 0.25) is 5.91 Å². The number of ether oxygens (including phenoxy) is 2. The standard InChI is InChI=1S/C12H22N2O5/c1-7(2)10(14-8(3)12(17)19-5)11(16)13-6-9(15)18-4/h7-8,10,14H,6H2,1-5H3,(H,13,16). The van der Waals surface area contributed by atoms with Crippen molar-refractivity contribution in [1.82, 2.24) is 10.6 Å². The van der Waals surface area contributed by atoms with Gasteiger partial charge in [-0.25, -0.2) is 0 Å². The van der Waals surface area contributed by atoms with Gasteiger partial charge in [-0.3, -0.25) is 19.7 Å². The lowest BCUT2D eigenvalue weighted by molar-refractivity contribution is -0.144. The molecule has 0 aromatic rings. The number of hydrogen-bond donors (Lipinski definition) is 2. The minimum absolute atomic E-state index is 0.0512. The lowest BCUT2D eigenvalue weighted by Gasteiger charge is -2.24. The summed E-state index contributed by atoms with van der Waals surface area (Å²) < 4.78 is 9.01. The topological polar surface area (TPSA) is 93.7 Å². The predicted molar refractivity (Wildman–Crippen MR) is 68.3 cm³/mol. The molecule has 0 aromatic heterocycles.